The molecule has 3 rings (SSSR count). The molecule has 0 aromatic carbocycles. The summed E-state index contributed by atoms with van der Waals surface area (Å²) in [4.78, 5) is 10.5. The van der Waals surface area contributed by atoms with Crippen molar-refractivity contribution in [2.75, 3.05) is 32.8 Å². The van der Waals surface area contributed by atoms with Crippen molar-refractivity contribution >= 4 is 24.8 Å². The second kappa shape index (κ2) is 7.29. The van der Waals surface area contributed by atoms with E-state index < -0.39 is 0 Å². The van der Waals surface area contributed by atoms with E-state index in [2.05, 4.69) is 34.0 Å². The summed E-state index contributed by atoms with van der Waals surface area (Å²) in [6, 6.07) is 0. The Labute approximate surface area is 138 Å². The second-order valence-electron chi connectivity index (χ2n) is 6.13. The zero-order chi connectivity index (χ0) is 13.5. The summed E-state index contributed by atoms with van der Waals surface area (Å²) < 4.78 is 0. The van der Waals surface area contributed by atoms with E-state index in [9.17, 15) is 5.11 Å². The van der Waals surface area contributed by atoms with Crippen molar-refractivity contribution in [2.24, 2.45) is 11.3 Å². The number of fused-ring (bicyclic) bond motifs is 1. The smallest absolute Gasteiger partial charge is 0.106 e. The van der Waals surface area contributed by atoms with Crippen LogP contribution in [0.5, 0.6) is 0 Å². The Hall–Kier alpha value is -0.330. The van der Waals surface area contributed by atoms with Gasteiger partial charge in [0.15, 0.2) is 0 Å². The van der Waals surface area contributed by atoms with Gasteiger partial charge in [-0.3, -0.25) is 4.90 Å². The van der Waals surface area contributed by atoms with Gasteiger partial charge in [-0.2, -0.15) is 0 Å². The molecule has 1 aromatic rings. The summed E-state index contributed by atoms with van der Waals surface area (Å²) in [7, 11) is 0. The highest BCUT2D eigenvalue weighted by Crippen LogP contribution is 2.38. The average Bonchev–Trinajstić information content (AvgIpc) is 3.03. The highest BCUT2D eigenvalue weighted by molar-refractivity contribution is 5.85. The number of aromatic amines is 1. The van der Waals surface area contributed by atoms with Crippen molar-refractivity contribution in [3.8, 4) is 0 Å². The van der Waals surface area contributed by atoms with Gasteiger partial charge in [-0.05, 0) is 19.4 Å². The van der Waals surface area contributed by atoms with Gasteiger partial charge in [0.05, 0.1) is 12.3 Å². The number of hydrogen-bond donors (Lipinski definition) is 3. The molecule has 21 heavy (non-hydrogen) atoms. The molecule has 2 atom stereocenters. The van der Waals surface area contributed by atoms with E-state index in [1.165, 1.54) is 5.69 Å². The van der Waals surface area contributed by atoms with E-state index in [-0.39, 0.29) is 30.2 Å². The van der Waals surface area contributed by atoms with Crippen molar-refractivity contribution in [2.45, 2.75) is 26.8 Å². The summed E-state index contributed by atoms with van der Waals surface area (Å²) in [6.07, 6.45) is 0.952. The lowest BCUT2D eigenvalue weighted by Crippen LogP contribution is -2.35. The molecule has 2 aliphatic rings. The summed E-state index contributed by atoms with van der Waals surface area (Å²) >= 11 is 0. The van der Waals surface area contributed by atoms with E-state index >= 15 is 0 Å². The Morgan fingerprint density at radius 3 is 2.76 bits per heavy atom. The van der Waals surface area contributed by atoms with Gasteiger partial charge in [0.2, 0.25) is 0 Å². The van der Waals surface area contributed by atoms with E-state index in [1.54, 1.807) is 0 Å². The zero-order valence-electron chi connectivity index (χ0n) is 12.7. The number of rotatable bonds is 4. The number of aryl methyl sites for hydroxylation is 2. The largest absolute Gasteiger partial charge is 0.396 e. The van der Waals surface area contributed by atoms with Gasteiger partial charge < -0.3 is 15.4 Å². The molecule has 0 saturated carbocycles. The molecule has 0 amide bonds. The number of halogens is 2. The first-order valence-electron chi connectivity index (χ1n) is 7.25. The van der Waals surface area contributed by atoms with Crippen molar-refractivity contribution in [3.05, 3.63) is 17.2 Å². The zero-order valence-corrected chi connectivity index (χ0v) is 14.3. The van der Waals surface area contributed by atoms with Gasteiger partial charge in [0.1, 0.15) is 5.82 Å². The van der Waals surface area contributed by atoms with Crippen LogP contribution in [0.4, 0.5) is 0 Å². The number of hydrogen-bond acceptors (Lipinski definition) is 4. The van der Waals surface area contributed by atoms with Crippen molar-refractivity contribution in [1.29, 1.82) is 0 Å². The molecule has 0 spiro atoms. The van der Waals surface area contributed by atoms with Crippen molar-refractivity contribution in [3.63, 3.8) is 0 Å². The van der Waals surface area contributed by atoms with Crippen LogP contribution in [0, 0.1) is 18.3 Å². The minimum absolute atomic E-state index is 0. The van der Waals surface area contributed by atoms with Crippen LogP contribution < -0.4 is 5.32 Å². The van der Waals surface area contributed by atoms with E-state index in [1.807, 2.05) is 0 Å². The van der Waals surface area contributed by atoms with Gasteiger partial charge in [-0.25, -0.2) is 4.98 Å². The maximum absolute atomic E-state index is 9.72. The van der Waals surface area contributed by atoms with Gasteiger partial charge in [0, 0.05) is 43.7 Å². The summed E-state index contributed by atoms with van der Waals surface area (Å²) in [5.41, 5.74) is 2.43. The molecule has 3 N–H and O–H groups in total. The SMILES string of the molecule is CCc1nc(CN2CC3CNCC3(CO)C2)c(C)[nH]1.Cl.Cl. The van der Waals surface area contributed by atoms with Crippen LogP contribution in [0.1, 0.15) is 24.1 Å². The molecular formula is C14H26Cl2N4O. The second-order valence-corrected chi connectivity index (χ2v) is 6.13. The van der Waals surface area contributed by atoms with Crippen molar-refractivity contribution in [1.82, 2.24) is 20.2 Å². The number of aliphatic hydroxyl groups is 1. The number of imidazole rings is 1. The first-order valence-corrected chi connectivity index (χ1v) is 7.25. The Bertz CT molecular complexity index is 468. The molecule has 2 aliphatic heterocycles. The van der Waals surface area contributed by atoms with Crippen LogP contribution in [0.3, 0.4) is 0 Å². The molecule has 122 valence electrons. The minimum atomic E-state index is 0. The predicted octanol–water partition coefficient (Wildman–Crippen LogP) is 1.14. The summed E-state index contributed by atoms with van der Waals surface area (Å²) in [5, 5.41) is 13.1. The van der Waals surface area contributed by atoms with Gasteiger partial charge in [-0.1, -0.05) is 6.92 Å². The predicted molar refractivity (Wildman–Crippen MR) is 88.4 cm³/mol. The molecule has 0 bridgehead atoms. The number of aliphatic hydroxyl groups excluding tert-OH is 1. The lowest BCUT2D eigenvalue weighted by atomic mass is 9.82. The van der Waals surface area contributed by atoms with Gasteiger partial charge in [-0.15, -0.1) is 24.8 Å². The fraction of sp³-hybridized carbons (Fsp3) is 0.786. The molecule has 7 heteroatoms. The Kier molecular flexibility index (Phi) is 6.50. The van der Waals surface area contributed by atoms with Crippen molar-refractivity contribution < 1.29 is 5.11 Å². The molecule has 2 saturated heterocycles. The molecule has 2 unspecified atom stereocenters. The molecule has 1 aromatic heterocycles. The Morgan fingerprint density at radius 1 is 1.43 bits per heavy atom. The Morgan fingerprint density at radius 2 is 2.19 bits per heavy atom. The fourth-order valence-electron chi connectivity index (χ4n) is 3.57. The molecular weight excluding hydrogens is 311 g/mol. The topological polar surface area (TPSA) is 64.2 Å². The highest BCUT2D eigenvalue weighted by atomic mass is 35.5. The molecule has 2 fully saturated rings. The number of aromatic nitrogens is 2. The maximum atomic E-state index is 9.72. The quantitative estimate of drug-likeness (QED) is 0.771. The highest BCUT2D eigenvalue weighted by Gasteiger charge is 2.49. The monoisotopic (exact) mass is 336 g/mol. The van der Waals surface area contributed by atoms with Crippen LogP contribution >= 0.6 is 24.8 Å². The lowest BCUT2D eigenvalue weighted by molar-refractivity contribution is 0.124. The fourth-order valence-corrected chi connectivity index (χ4v) is 3.57. The lowest BCUT2D eigenvalue weighted by Gasteiger charge is -2.25. The maximum Gasteiger partial charge on any atom is 0.106 e. The molecule has 5 nitrogen and oxygen atoms in total. The van der Waals surface area contributed by atoms with E-state index in [0.29, 0.717) is 12.5 Å². The van der Waals surface area contributed by atoms with E-state index in [0.717, 1.165) is 50.7 Å². The van der Waals surface area contributed by atoms with Crippen LogP contribution in [-0.4, -0.2) is 52.8 Å². The minimum Gasteiger partial charge on any atom is -0.396 e. The third-order valence-corrected chi connectivity index (χ3v) is 4.81. The Balaban J connectivity index is 0.00000110. The van der Waals surface area contributed by atoms with Crippen LogP contribution in [0.2, 0.25) is 0 Å². The van der Waals surface area contributed by atoms with Gasteiger partial charge in [0.25, 0.3) is 0 Å². The average molecular weight is 337 g/mol. The summed E-state index contributed by atoms with van der Waals surface area (Å²) in [6.45, 7) is 9.45. The molecule has 0 aliphatic carbocycles. The van der Waals surface area contributed by atoms with Crippen LogP contribution in [-0.2, 0) is 13.0 Å². The van der Waals surface area contributed by atoms with Crippen LogP contribution in [0.25, 0.3) is 0 Å². The standard InChI is InChI=1S/C14H24N4O.2ClH/c1-3-13-16-10(2)12(17-13)6-18-5-11-4-15-7-14(11,8-18)9-19;;/h11,15,19H,3-9H2,1-2H3,(H,16,17);2*1H. The third-order valence-electron chi connectivity index (χ3n) is 4.81. The number of likely N-dealkylation sites (tertiary alicyclic amines) is 1. The summed E-state index contributed by atoms with van der Waals surface area (Å²) in [5.74, 6) is 1.66. The normalized spacial score (nSPS) is 28.0. The number of nitrogens with zero attached hydrogens (tertiary/aromatic N) is 2. The first-order chi connectivity index (χ1) is 9.16. The van der Waals surface area contributed by atoms with E-state index in [4.69, 9.17) is 0 Å². The third kappa shape index (κ3) is 3.37. The number of nitrogens with one attached hydrogen (secondary N) is 2. The number of H-pyrrole nitrogens is 1. The van der Waals surface area contributed by atoms with Crippen LogP contribution in [0.15, 0.2) is 0 Å². The molecule has 0 radical (unpaired) electrons. The molecule has 3 heterocycles. The van der Waals surface area contributed by atoms with Gasteiger partial charge >= 0.3 is 0 Å². The first kappa shape index (κ1) is 18.7.